The normalized spacial score (nSPS) is 11.8. The van der Waals surface area contributed by atoms with Gasteiger partial charge in [-0.25, -0.2) is 0 Å². The number of hydrogen-bond donors (Lipinski definition) is 1. The molecule has 0 spiro atoms. The number of nitrogens with zero attached hydrogens (tertiary/aromatic N) is 1. The van der Waals surface area contributed by atoms with E-state index in [-0.39, 0.29) is 24.0 Å². The van der Waals surface area contributed by atoms with Crippen molar-refractivity contribution >= 4 is 11.7 Å². The summed E-state index contributed by atoms with van der Waals surface area (Å²) >= 11 is 0. The summed E-state index contributed by atoms with van der Waals surface area (Å²) in [5.74, 6) is -0.167. The molecule has 0 aliphatic rings. The lowest BCUT2D eigenvalue weighted by molar-refractivity contribution is -0.386. The van der Waals surface area contributed by atoms with Crippen LogP contribution in [0.5, 0.6) is 5.75 Å². The van der Waals surface area contributed by atoms with Crippen LogP contribution in [0, 0.1) is 17.0 Å². The second-order valence-electron chi connectivity index (χ2n) is 4.45. The van der Waals surface area contributed by atoms with Crippen LogP contribution in [-0.2, 0) is 9.53 Å². The van der Waals surface area contributed by atoms with E-state index in [0.29, 0.717) is 18.5 Å². The molecule has 0 saturated heterocycles. The zero-order valence-electron chi connectivity index (χ0n) is 12.4. The van der Waals surface area contributed by atoms with Gasteiger partial charge in [-0.3, -0.25) is 14.9 Å². The summed E-state index contributed by atoms with van der Waals surface area (Å²) in [7, 11) is 1.32. The third kappa shape index (κ3) is 4.71. The zero-order valence-corrected chi connectivity index (χ0v) is 12.4. The molecule has 0 heterocycles. The Labute approximate surface area is 123 Å². The largest absolute Gasteiger partial charge is 0.487 e. The lowest BCUT2D eigenvalue weighted by Crippen LogP contribution is -2.38. The third-order valence-corrected chi connectivity index (χ3v) is 2.98. The molecule has 1 atom stereocenters. The number of likely N-dealkylation sites (N-methyl/N-ethyl adjacent to an activating group) is 1. The number of esters is 1. The number of nitrogens with one attached hydrogen (secondary N) is 1. The Bertz CT molecular complexity index is 504. The molecular formula is C14H20N2O5. The van der Waals surface area contributed by atoms with E-state index in [1.807, 2.05) is 6.92 Å². The fourth-order valence-electron chi connectivity index (χ4n) is 1.96. The predicted molar refractivity (Wildman–Crippen MR) is 77.4 cm³/mol. The molecule has 0 radical (unpaired) electrons. The SMILES string of the molecule is CCNC(CCOc1cccc(C)c1[N+](=O)[O-])C(=O)OC. The molecule has 0 aliphatic heterocycles. The van der Waals surface area contributed by atoms with Crippen LogP contribution in [0.1, 0.15) is 18.9 Å². The second kappa shape index (κ2) is 8.21. The first-order valence-electron chi connectivity index (χ1n) is 6.69. The number of nitro benzene ring substituents is 1. The minimum Gasteiger partial charge on any atom is -0.487 e. The van der Waals surface area contributed by atoms with Gasteiger partial charge in [0.1, 0.15) is 6.04 Å². The van der Waals surface area contributed by atoms with Gasteiger partial charge >= 0.3 is 11.7 Å². The molecule has 1 rings (SSSR count). The molecule has 0 fully saturated rings. The molecule has 116 valence electrons. The lowest BCUT2D eigenvalue weighted by atomic mass is 10.2. The van der Waals surface area contributed by atoms with Crippen LogP contribution in [0.3, 0.4) is 0 Å². The molecular weight excluding hydrogens is 276 g/mol. The molecule has 7 heteroatoms. The molecule has 0 aromatic heterocycles. The van der Waals surface area contributed by atoms with Crippen LogP contribution in [-0.4, -0.2) is 37.2 Å². The Morgan fingerprint density at radius 1 is 1.48 bits per heavy atom. The van der Waals surface area contributed by atoms with Crippen molar-refractivity contribution in [2.75, 3.05) is 20.3 Å². The maximum absolute atomic E-state index is 11.5. The number of nitro groups is 1. The van der Waals surface area contributed by atoms with Crippen LogP contribution in [0.4, 0.5) is 5.69 Å². The predicted octanol–water partition coefficient (Wildman–Crippen LogP) is 1.82. The van der Waals surface area contributed by atoms with Gasteiger partial charge in [0, 0.05) is 12.0 Å². The van der Waals surface area contributed by atoms with Gasteiger partial charge in [-0.2, -0.15) is 0 Å². The van der Waals surface area contributed by atoms with Crippen LogP contribution in [0.15, 0.2) is 18.2 Å². The number of carbonyl (C=O) groups is 1. The fraction of sp³-hybridized carbons (Fsp3) is 0.500. The topological polar surface area (TPSA) is 90.7 Å². The molecule has 1 aromatic carbocycles. The van der Waals surface area contributed by atoms with Crippen molar-refractivity contribution in [3.05, 3.63) is 33.9 Å². The molecule has 0 saturated carbocycles. The Balaban J connectivity index is 2.69. The highest BCUT2D eigenvalue weighted by atomic mass is 16.6. The van der Waals surface area contributed by atoms with Gasteiger partial charge in [-0.15, -0.1) is 0 Å². The van der Waals surface area contributed by atoms with E-state index in [0.717, 1.165) is 0 Å². The van der Waals surface area contributed by atoms with Crippen LogP contribution in [0.25, 0.3) is 0 Å². The number of rotatable bonds is 8. The van der Waals surface area contributed by atoms with E-state index in [1.165, 1.54) is 7.11 Å². The number of hydrogen-bond acceptors (Lipinski definition) is 6. The van der Waals surface area contributed by atoms with Gasteiger partial charge in [0.25, 0.3) is 0 Å². The van der Waals surface area contributed by atoms with Crippen LogP contribution < -0.4 is 10.1 Å². The average molecular weight is 296 g/mol. The second-order valence-corrected chi connectivity index (χ2v) is 4.45. The summed E-state index contributed by atoms with van der Waals surface area (Å²) < 4.78 is 10.1. The Hall–Kier alpha value is -2.15. The maximum Gasteiger partial charge on any atom is 0.322 e. The van der Waals surface area contributed by atoms with Crippen molar-refractivity contribution in [1.29, 1.82) is 0 Å². The Morgan fingerprint density at radius 2 is 2.19 bits per heavy atom. The minimum absolute atomic E-state index is 0.0458. The first-order chi connectivity index (χ1) is 10.0. The lowest BCUT2D eigenvalue weighted by Gasteiger charge is -2.15. The summed E-state index contributed by atoms with van der Waals surface area (Å²) in [5, 5.41) is 14.0. The van der Waals surface area contributed by atoms with Crippen molar-refractivity contribution in [3.8, 4) is 5.75 Å². The highest BCUT2D eigenvalue weighted by molar-refractivity contribution is 5.75. The highest BCUT2D eigenvalue weighted by Crippen LogP contribution is 2.30. The van der Waals surface area contributed by atoms with Gasteiger partial charge < -0.3 is 14.8 Å². The molecule has 7 nitrogen and oxygen atoms in total. The summed E-state index contributed by atoms with van der Waals surface area (Å²) in [5.41, 5.74) is 0.490. The molecule has 0 bridgehead atoms. The molecule has 21 heavy (non-hydrogen) atoms. The van der Waals surface area contributed by atoms with Crippen LogP contribution >= 0.6 is 0 Å². The van der Waals surface area contributed by atoms with Crippen molar-refractivity contribution in [3.63, 3.8) is 0 Å². The van der Waals surface area contributed by atoms with Gasteiger partial charge in [-0.05, 0) is 19.5 Å². The first kappa shape index (κ1) is 16.9. The van der Waals surface area contributed by atoms with Crippen molar-refractivity contribution < 1.29 is 19.2 Å². The van der Waals surface area contributed by atoms with Gasteiger partial charge in [0.05, 0.1) is 18.6 Å². The van der Waals surface area contributed by atoms with Crippen LogP contribution in [0.2, 0.25) is 0 Å². The first-order valence-corrected chi connectivity index (χ1v) is 6.69. The quantitative estimate of drug-likeness (QED) is 0.447. The number of methoxy groups -OCH3 is 1. The molecule has 1 unspecified atom stereocenters. The molecule has 1 N–H and O–H groups in total. The fourth-order valence-corrected chi connectivity index (χ4v) is 1.96. The summed E-state index contributed by atoms with van der Waals surface area (Å²) in [6.07, 6.45) is 0.367. The summed E-state index contributed by atoms with van der Waals surface area (Å²) in [6, 6.07) is 4.41. The highest BCUT2D eigenvalue weighted by Gasteiger charge is 2.20. The van der Waals surface area contributed by atoms with E-state index >= 15 is 0 Å². The molecule has 0 amide bonds. The van der Waals surface area contributed by atoms with E-state index < -0.39 is 11.0 Å². The molecule has 0 aliphatic carbocycles. The Morgan fingerprint density at radius 3 is 2.76 bits per heavy atom. The summed E-state index contributed by atoms with van der Waals surface area (Å²) in [4.78, 5) is 22.1. The smallest absolute Gasteiger partial charge is 0.322 e. The van der Waals surface area contributed by atoms with E-state index in [4.69, 9.17) is 4.74 Å². The molecule has 1 aromatic rings. The number of aryl methyl sites for hydroxylation is 1. The number of ether oxygens (including phenoxy) is 2. The average Bonchev–Trinajstić information content (AvgIpc) is 2.45. The standard InChI is InChI=1S/C14H20N2O5/c1-4-15-11(14(17)20-3)8-9-21-12-7-5-6-10(2)13(12)16(18)19/h5-7,11,15H,4,8-9H2,1-3H3. The maximum atomic E-state index is 11.5. The number of para-hydroxylation sites is 1. The van der Waals surface area contributed by atoms with E-state index in [9.17, 15) is 14.9 Å². The van der Waals surface area contributed by atoms with E-state index in [1.54, 1.807) is 25.1 Å². The zero-order chi connectivity index (χ0) is 15.8. The van der Waals surface area contributed by atoms with Crippen molar-refractivity contribution in [2.45, 2.75) is 26.3 Å². The van der Waals surface area contributed by atoms with Gasteiger partial charge in [-0.1, -0.05) is 19.1 Å². The minimum atomic E-state index is -0.483. The number of carbonyl (C=O) groups excluding carboxylic acids is 1. The van der Waals surface area contributed by atoms with Gasteiger partial charge in [0.2, 0.25) is 0 Å². The van der Waals surface area contributed by atoms with Crippen molar-refractivity contribution in [1.82, 2.24) is 5.32 Å². The van der Waals surface area contributed by atoms with E-state index in [2.05, 4.69) is 10.1 Å². The number of benzene rings is 1. The Kier molecular flexibility index (Phi) is 6.61. The monoisotopic (exact) mass is 296 g/mol. The van der Waals surface area contributed by atoms with Gasteiger partial charge in [0.15, 0.2) is 5.75 Å². The summed E-state index contributed by atoms with van der Waals surface area (Å²) in [6.45, 7) is 4.32. The third-order valence-electron chi connectivity index (χ3n) is 2.98. The van der Waals surface area contributed by atoms with Crippen molar-refractivity contribution in [2.24, 2.45) is 0 Å².